The highest BCUT2D eigenvalue weighted by Gasteiger charge is 2.18. The number of hydrogen-bond donors (Lipinski definition) is 2. The quantitative estimate of drug-likeness (QED) is 0.582. The Bertz CT molecular complexity index is 1150. The van der Waals surface area contributed by atoms with Crippen LogP contribution in [0.15, 0.2) is 24.3 Å². The van der Waals surface area contributed by atoms with Gasteiger partial charge in [0.1, 0.15) is 22.3 Å². The fourth-order valence-corrected chi connectivity index (χ4v) is 3.59. The molecule has 6 nitrogen and oxygen atoms in total. The number of aromatic nitrogens is 3. The molecule has 0 radical (unpaired) electrons. The number of hydrogen-bond acceptors (Lipinski definition) is 4. The summed E-state index contributed by atoms with van der Waals surface area (Å²) >= 11 is 6.42. The fraction of sp³-hybridized carbons (Fsp3) is 0.364. The fourth-order valence-electron chi connectivity index (χ4n) is 2.94. The van der Waals surface area contributed by atoms with Crippen LogP contribution < -0.4 is 4.72 Å². The van der Waals surface area contributed by atoms with E-state index in [2.05, 4.69) is 26.6 Å². The van der Waals surface area contributed by atoms with Crippen molar-refractivity contribution in [2.75, 3.05) is 11.0 Å². The molecule has 1 unspecified atom stereocenters. The van der Waals surface area contributed by atoms with Crippen LogP contribution in [0, 0.1) is 18.8 Å². The average Bonchev–Trinajstić information content (AvgIpc) is 2.98. The van der Waals surface area contributed by atoms with E-state index in [1.165, 1.54) is 0 Å². The van der Waals surface area contributed by atoms with Gasteiger partial charge in [-0.1, -0.05) is 37.4 Å². The number of halogens is 1. The molecule has 1 aromatic carbocycles. The van der Waals surface area contributed by atoms with E-state index in [1.807, 2.05) is 46.0 Å². The first-order chi connectivity index (χ1) is 14.1. The Hall–Kier alpha value is -2.40. The molecule has 160 valence electrons. The minimum atomic E-state index is -1.27. The van der Waals surface area contributed by atoms with Crippen molar-refractivity contribution < 1.29 is 9.32 Å². The lowest BCUT2D eigenvalue weighted by Gasteiger charge is -2.10. The minimum Gasteiger partial charge on any atom is -0.378 e. The zero-order valence-electron chi connectivity index (χ0n) is 18.3. The summed E-state index contributed by atoms with van der Waals surface area (Å²) in [6, 6.07) is 7.48. The second kappa shape index (κ2) is 9.61. The predicted molar refractivity (Wildman–Crippen MR) is 126 cm³/mol. The molecule has 2 aromatic heterocycles. The van der Waals surface area contributed by atoms with Crippen molar-refractivity contribution in [3.05, 3.63) is 40.7 Å². The highest BCUT2D eigenvalue weighted by atomic mass is 35.5. The number of anilines is 1. The van der Waals surface area contributed by atoms with E-state index in [0.717, 1.165) is 22.3 Å². The van der Waals surface area contributed by atoms with Gasteiger partial charge in [-0.3, -0.25) is 9.40 Å². The molecule has 3 aromatic rings. The molecule has 0 aliphatic heterocycles. The summed E-state index contributed by atoms with van der Waals surface area (Å²) in [6.07, 6.45) is 1.54. The Balaban J connectivity index is 0.00000155. The molecule has 1 atom stereocenters. The van der Waals surface area contributed by atoms with Gasteiger partial charge in [-0.25, -0.2) is 9.19 Å². The summed E-state index contributed by atoms with van der Waals surface area (Å²) in [5.41, 5.74) is 2.96. The average molecular weight is 447 g/mol. The molecule has 0 saturated heterocycles. The van der Waals surface area contributed by atoms with Gasteiger partial charge in [0.25, 0.3) is 0 Å². The largest absolute Gasteiger partial charge is 0.378 e. The number of benzene rings is 1. The first-order valence-electron chi connectivity index (χ1n) is 9.55. The molecular formula is C22H27ClN4O2S. The Morgan fingerprint density at radius 3 is 2.40 bits per heavy atom. The van der Waals surface area contributed by atoms with Crippen LogP contribution in [0.4, 0.5) is 5.82 Å². The van der Waals surface area contributed by atoms with Crippen LogP contribution in [0.2, 0.25) is 5.02 Å². The summed E-state index contributed by atoms with van der Waals surface area (Å²) in [4.78, 5) is 4.56. The van der Waals surface area contributed by atoms with Crippen LogP contribution in [0.5, 0.6) is 0 Å². The van der Waals surface area contributed by atoms with Gasteiger partial charge in [0, 0.05) is 30.1 Å². The molecule has 0 fully saturated rings. The maximum atomic E-state index is 11.6. The maximum absolute atomic E-state index is 11.6. The third-order valence-corrected chi connectivity index (χ3v) is 4.85. The van der Waals surface area contributed by atoms with Crippen molar-refractivity contribution >= 4 is 39.3 Å². The summed E-state index contributed by atoms with van der Waals surface area (Å²) in [5, 5.41) is 15.4. The van der Waals surface area contributed by atoms with E-state index in [4.69, 9.17) is 11.6 Å². The first-order valence-corrected chi connectivity index (χ1v) is 11.5. The molecule has 2 N–H and O–H groups in total. The van der Waals surface area contributed by atoms with Crippen molar-refractivity contribution in [2.24, 2.45) is 7.05 Å². The van der Waals surface area contributed by atoms with Gasteiger partial charge in [-0.05, 0) is 44.9 Å². The van der Waals surface area contributed by atoms with E-state index in [1.54, 1.807) is 30.9 Å². The topological polar surface area (TPSA) is 80.0 Å². The van der Waals surface area contributed by atoms with E-state index >= 15 is 0 Å². The Kier molecular flexibility index (Phi) is 7.64. The van der Waals surface area contributed by atoms with Crippen LogP contribution in [0.1, 0.15) is 39.1 Å². The molecule has 0 amide bonds. The molecule has 30 heavy (non-hydrogen) atoms. The van der Waals surface area contributed by atoms with E-state index in [9.17, 15) is 9.32 Å². The monoisotopic (exact) mass is 446 g/mol. The third kappa shape index (κ3) is 5.39. The lowest BCUT2D eigenvalue weighted by molar-refractivity contribution is 0.143. The molecule has 2 heterocycles. The highest BCUT2D eigenvalue weighted by molar-refractivity contribution is 7.85. The second-order valence-corrected chi connectivity index (χ2v) is 8.51. The zero-order chi connectivity index (χ0) is 22.6. The van der Waals surface area contributed by atoms with Gasteiger partial charge in [0.15, 0.2) is 5.82 Å². The van der Waals surface area contributed by atoms with Crippen LogP contribution in [0.3, 0.4) is 0 Å². The number of fused-ring (bicyclic) bond motifs is 1. The summed E-state index contributed by atoms with van der Waals surface area (Å²) in [5.74, 6) is 6.14. The summed E-state index contributed by atoms with van der Waals surface area (Å²) < 4.78 is 16.2. The maximum Gasteiger partial charge on any atom is 0.169 e. The van der Waals surface area contributed by atoms with Gasteiger partial charge in [0.2, 0.25) is 0 Å². The number of pyridine rings is 1. The number of rotatable bonds is 3. The minimum absolute atomic E-state index is 0.475. The Morgan fingerprint density at radius 2 is 1.83 bits per heavy atom. The van der Waals surface area contributed by atoms with Crippen molar-refractivity contribution in [3.8, 4) is 23.0 Å². The molecule has 0 saturated carbocycles. The van der Waals surface area contributed by atoms with Crippen molar-refractivity contribution in [1.82, 2.24) is 14.8 Å². The number of nitrogens with zero attached hydrogens (tertiary/aromatic N) is 3. The molecule has 8 heteroatoms. The first kappa shape index (κ1) is 23.9. The van der Waals surface area contributed by atoms with Gasteiger partial charge in [-0.2, -0.15) is 5.10 Å². The zero-order valence-corrected chi connectivity index (χ0v) is 19.9. The van der Waals surface area contributed by atoms with Gasteiger partial charge in [0.05, 0.1) is 15.9 Å². The smallest absolute Gasteiger partial charge is 0.169 e. The van der Waals surface area contributed by atoms with Gasteiger partial charge < -0.3 is 5.11 Å². The highest BCUT2D eigenvalue weighted by Crippen LogP contribution is 2.37. The lowest BCUT2D eigenvalue weighted by Crippen LogP contribution is -2.14. The van der Waals surface area contributed by atoms with E-state index in [0.29, 0.717) is 21.9 Å². The van der Waals surface area contributed by atoms with Crippen LogP contribution in [-0.4, -0.2) is 35.9 Å². The third-order valence-electron chi connectivity index (χ3n) is 4.05. The molecule has 0 bridgehead atoms. The van der Waals surface area contributed by atoms with E-state index in [-0.39, 0.29) is 0 Å². The number of aliphatic hydroxyl groups is 1. The summed E-state index contributed by atoms with van der Waals surface area (Å²) in [7, 11) is 0.549. The van der Waals surface area contributed by atoms with Crippen LogP contribution in [-0.2, 0) is 18.0 Å². The SMILES string of the molecule is CC.Cc1nc(C#CC(C)(C)O)ccc1-c1ccc(Cl)c2c(NS(C)=O)nn(C)c12. The van der Waals surface area contributed by atoms with Crippen LogP contribution >= 0.6 is 11.6 Å². The standard InChI is InChI=1S/C20H21ClN4O2S.C2H6/c1-12-14(7-6-13(22-12)10-11-20(2,3)26)15-8-9-16(21)17-18(15)25(4)23-19(17)24-28(5)27;1-2/h6-9,26H,1-5H3,(H,23,24);1-2H3. The lowest BCUT2D eigenvalue weighted by atomic mass is 10.0. The molecular weight excluding hydrogens is 420 g/mol. The molecule has 0 aliphatic carbocycles. The predicted octanol–water partition coefficient (Wildman–Crippen LogP) is 4.45. The van der Waals surface area contributed by atoms with Crippen molar-refractivity contribution in [3.63, 3.8) is 0 Å². The second-order valence-electron chi connectivity index (χ2n) is 6.99. The molecule has 0 spiro atoms. The van der Waals surface area contributed by atoms with Crippen LogP contribution in [0.25, 0.3) is 22.0 Å². The molecule has 0 aliphatic rings. The van der Waals surface area contributed by atoms with Crippen molar-refractivity contribution in [1.29, 1.82) is 0 Å². The summed E-state index contributed by atoms with van der Waals surface area (Å²) in [6.45, 7) is 9.16. The van der Waals surface area contributed by atoms with Gasteiger partial charge in [-0.15, -0.1) is 0 Å². The Labute approximate surface area is 185 Å². The Morgan fingerprint density at radius 1 is 1.20 bits per heavy atom. The number of nitrogens with one attached hydrogen (secondary N) is 1. The van der Waals surface area contributed by atoms with E-state index < -0.39 is 16.6 Å². The molecule has 3 rings (SSSR count). The van der Waals surface area contributed by atoms with Crippen molar-refractivity contribution in [2.45, 2.75) is 40.2 Å². The number of aryl methyl sites for hydroxylation is 2. The normalized spacial score (nSPS) is 11.9. The van der Waals surface area contributed by atoms with Gasteiger partial charge >= 0.3 is 0 Å².